The number of ether oxygens (including phenoxy) is 3. The summed E-state index contributed by atoms with van der Waals surface area (Å²) in [6, 6.07) is 0. The molecular weight excluding hydrogens is 216 g/mol. The summed E-state index contributed by atoms with van der Waals surface area (Å²) in [6.07, 6.45) is 5.33. The second kappa shape index (κ2) is 3.69. The van der Waals surface area contributed by atoms with Gasteiger partial charge in [-0.05, 0) is 43.4 Å². The summed E-state index contributed by atoms with van der Waals surface area (Å²) in [5.74, 6) is 4.01. The van der Waals surface area contributed by atoms with Crippen LogP contribution in [0.4, 0.5) is 0 Å². The van der Waals surface area contributed by atoms with E-state index < -0.39 is 0 Å². The van der Waals surface area contributed by atoms with Crippen LogP contribution in [-0.4, -0.2) is 32.7 Å². The van der Waals surface area contributed by atoms with Gasteiger partial charge >= 0.3 is 0 Å². The fraction of sp³-hybridized carbons (Fsp3) is 1.00. The molecule has 0 aromatic rings. The summed E-state index contributed by atoms with van der Waals surface area (Å²) in [5, 5.41) is 0. The zero-order valence-electron chi connectivity index (χ0n) is 10.6. The lowest BCUT2D eigenvalue weighted by atomic mass is 9.53. The molecule has 0 aromatic heterocycles. The van der Waals surface area contributed by atoms with Gasteiger partial charge in [-0.25, -0.2) is 0 Å². The maximum Gasteiger partial charge on any atom is 0.174 e. The smallest absolute Gasteiger partial charge is 0.174 e. The Morgan fingerprint density at radius 1 is 1.24 bits per heavy atom. The van der Waals surface area contributed by atoms with E-state index >= 15 is 0 Å². The van der Waals surface area contributed by atoms with E-state index in [2.05, 4.69) is 0 Å². The number of rotatable bonds is 3. The lowest BCUT2D eigenvalue weighted by Gasteiger charge is -2.60. The van der Waals surface area contributed by atoms with E-state index in [4.69, 9.17) is 14.2 Å². The Balaban J connectivity index is 1.56. The SMILES string of the molecule is COCCC1[C@H]2[C@@H]3C[C@@H]3CC[C@@H]2C12OCCO2. The van der Waals surface area contributed by atoms with Crippen LogP contribution in [0.15, 0.2) is 0 Å². The van der Waals surface area contributed by atoms with Gasteiger partial charge in [0.1, 0.15) is 0 Å². The molecule has 0 aromatic carbocycles. The van der Waals surface area contributed by atoms with Crippen LogP contribution >= 0.6 is 0 Å². The Morgan fingerprint density at radius 2 is 2.06 bits per heavy atom. The summed E-state index contributed by atoms with van der Waals surface area (Å²) in [5.41, 5.74) is 0. The molecule has 3 nitrogen and oxygen atoms in total. The van der Waals surface area contributed by atoms with Crippen LogP contribution in [-0.2, 0) is 14.2 Å². The first-order valence-corrected chi connectivity index (χ1v) is 7.13. The highest BCUT2D eigenvalue weighted by Crippen LogP contribution is 2.69. The normalized spacial score (nSPS) is 49.6. The Hall–Kier alpha value is -0.120. The molecule has 0 amide bonds. The van der Waals surface area contributed by atoms with Gasteiger partial charge in [-0.15, -0.1) is 0 Å². The van der Waals surface area contributed by atoms with Crippen molar-refractivity contribution in [3.8, 4) is 0 Å². The summed E-state index contributed by atoms with van der Waals surface area (Å²) in [4.78, 5) is 0. The third-order valence-corrected chi connectivity index (χ3v) is 5.65. The highest BCUT2D eigenvalue weighted by atomic mass is 16.7. The van der Waals surface area contributed by atoms with Crippen LogP contribution in [0.5, 0.6) is 0 Å². The maximum absolute atomic E-state index is 6.04. The quantitative estimate of drug-likeness (QED) is 0.753. The predicted octanol–water partition coefficient (Wildman–Crippen LogP) is 2.06. The van der Waals surface area contributed by atoms with Gasteiger partial charge in [-0.3, -0.25) is 0 Å². The minimum atomic E-state index is -0.198. The van der Waals surface area contributed by atoms with Gasteiger partial charge in [0, 0.05) is 25.6 Å². The molecule has 1 spiro atoms. The second-order valence-corrected chi connectivity index (χ2v) is 6.23. The van der Waals surface area contributed by atoms with Gasteiger partial charge in [0.15, 0.2) is 5.79 Å². The molecular formula is C14H22O3. The minimum absolute atomic E-state index is 0.198. The topological polar surface area (TPSA) is 27.7 Å². The molecule has 0 radical (unpaired) electrons. The molecule has 1 aliphatic heterocycles. The summed E-state index contributed by atoms with van der Waals surface area (Å²) < 4.78 is 17.4. The second-order valence-electron chi connectivity index (χ2n) is 6.23. The van der Waals surface area contributed by atoms with Crippen molar-refractivity contribution >= 4 is 0 Å². The molecule has 4 aliphatic rings. The van der Waals surface area contributed by atoms with E-state index in [1.54, 1.807) is 7.11 Å². The highest BCUT2D eigenvalue weighted by molar-refractivity contribution is 5.15. The molecule has 1 heterocycles. The average Bonchev–Trinajstić information content (AvgIpc) is 2.92. The fourth-order valence-electron chi connectivity index (χ4n) is 4.94. The van der Waals surface area contributed by atoms with Gasteiger partial charge in [0.25, 0.3) is 0 Å². The van der Waals surface area contributed by atoms with Crippen molar-refractivity contribution in [2.24, 2.45) is 29.6 Å². The number of fused-ring (bicyclic) bond motifs is 4. The van der Waals surface area contributed by atoms with Gasteiger partial charge in [-0.2, -0.15) is 0 Å². The van der Waals surface area contributed by atoms with E-state index in [1.165, 1.54) is 19.3 Å². The van der Waals surface area contributed by atoms with Crippen LogP contribution < -0.4 is 0 Å². The Morgan fingerprint density at radius 3 is 2.82 bits per heavy atom. The van der Waals surface area contributed by atoms with Crippen LogP contribution in [0.1, 0.15) is 25.7 Å². The van der Waals surface area contributed by atoms with Crippen LogP contribution in [0.3, 0.4) is 0 Å². The molecule has 3 aliphatic carbocycles. The molecule has 96 valence electrons. The van der Waals surface area contributed by atoms with E-state index in [0.29, 0.717) is 11.8 Å². The van der Waals surface area contributed by atoms with Crippen molar-refractivity contribution in [3.63, 3.8) is 0 Å². The molecule has 3 heteroatoms. The van der Waals surface area contributed by atoms with Gasteiger partial charge in [0.05, 0.1) is 13.2 Å². The molecule has 3 saturated carbocycles. The molecule has 5 atom stereocenters. The van der Waals surface area contributed by atoms with Crippen molar-refractivity contribution in [1.82, 2.24) is 0 Å². The van der Waals surface area contributed by atoms with E-state index in [1.807, 2.05) is 0 Å². The monoisotopic (exact) mass is 238 g/mol. The fourth-order valence-corrected chi connectivity index (χ4v) is 4.94. The van der Waals surface area contributed by atoms with Crippen LogP contribution in [0, 0.1) is 29.6 Å². The molecule has 4 fully saturated rings. The minimum Gasteiger partial charge on any atom is -0.385 e. The van der Waals surface area contributed by atoms with Crippen molar-refractivity contribution in [1.29, 1.82) is 0 Å². The molecule has 4 rings (SSSR count). The Labute approximate surface area is 103 Å². The lowest BCUT2D eigenvalue weighted by Crippen LogP contribution is -2.65. The summed E-state index contributed by atoms with van der Waals surface area (Å²) in [6.45, 7) is 2.43. The van der Waals surface area contributed by atoms with E-state index in [-0.39, 0.29) is 5.79 Å². The van der Waals surface area contributed by atoms with Crippen LogP contribution in [0.25, 0.3) is 0 Å². The first kappa shape index (κ1) is 10.8. The third-order valence-electron chi connectivity index (χ3n) is 5.65. The number of hydrogen-bond acceptors (Lipinski definition) is 3. The first-order valence-electron chi connectivity index (χ1n) is 7.13. The zero-order chi connectivity index (χ0) is 11.5. The number of hydrogen-bond donors (Lipinski definition) is 0. The molecule has 0 N–H and O–H groups in total. The molecule has 0 bridgehead atoms. The van der Waals surface area contributed by atoms with Gasteiger partial charge in [-0.1, -0.05) is 0 Å². The number of methoxy groups -OCH3 is 1. The van der Waals surface area contributed by atoms with Crippen LogP contribution in [0.2, 0.25) is 0 Å². The van der Waals surface area contributed by atoms with E-state index in [9.17, 15) is 0 Å². The predicted molar refractivity (Wildman–Crippen MR) is 62.4 cm³/mol. The zero-order valence-corrected chi connectivity index (χ0v) is 10.6. The Bertz CT molecular complexity index is 311. The molecule has 1 unspecified atom stereocenters. The van der Waals surface area contributed by atoms with Gasteiger partial charge in [0.2, 0.25) is 0 Å². The Kier molecular flexibility index (Phi) is 2.34. The van der Waals surface area contributed by atoms with Crippen molar-refractivity contribution in [3.05, 3.63) is 0 Å². The largest absolute Gasteiger partial charge is 0.385 e. The van der Waals surface area contributed by atoms with Gasteiger partial charge < -0.3 is 14.2 Å². The average molecular weight is 238 g/mol. The van der Waals surface area contributed by atoms with E-state index in [0.717, 1.165) is 44.0 Å². The standard InChI is InChI=1S/C14H22O3/c1-15-5-4-12-13-10-8-9(10)2-3-11(13)14(12)16-6-7-17-14/h9-13H,2-8H2,1H3/t9-,10+,11-,12?,13-/m0/s1. The first-order chi connectivity index (χ1) is 8.37. The summed E-state index contributed by atoms with van der Waals surface area (Å²) >= 11 is 0. The third kappa shape index (κ3) is 1.33. The van der Waals surface area contributed by atoms with Crippen molar-refractivity contribution in [2.45, 2.75) is 31.5 Å². The van der Waals surface area contributed by atoms with Crippen molar-refractivity contribution in [2.75, 3.05) is 26.9 Å². The lowest BCUT2D eigenvalue weighted by molar-refractivity contribution is -0.333. The maximum atomic E-state index is 6.04. The summed E-state index contributed by atoms with van der Waals surface area (Å²) in [7, 11) is 1.79. The van der Waals surface area contributed by atoms with Crippen molar-refractivity contribution < 1.29 is 14.2 Å². The molecule has 1 saturated heterocycles. The highest BCUT2D eigenvalue weighted by Gasteiger charge is 2.71. The molecule has 17 heavy (non-hydrogen) atoms.